The number of nitrogens with one attached hydrogen (secondary N) is 1. The first-order valence-electron chi connectivity index (χ1n) is 4.69. The Balaban J connectivity index is 1.78. The molecule has 2 rings (SSSR count). The number of hydrogen-bond donors (Lipinski definition) is 1. The molecule has 0 bridgehead atoms. The molecule has 0 spiro atoms. The van der Waals surface area contributed by atoms with Crippen LogP contribution >= 0.6 is 27.3 Å². The van der Waals surface area contributed by atoms with E-state index in [-0.39, 0.29) is 0 Å². The minimum Gasteiger partial charge on any atom is -0.361 e. The maximum absolute atomic E-state index is 4.30. The van der Waals surface area contributed by atoms with Crippen LogP contribution in [-0.4, -0.2) is 11.5 Å². The van der Waals surface area contributed by atoms with Crippen molar-refractivity contribution >= 4 is 32.4 Å². The van der Waals surface area contributed by atoms with Crippen LogP contribution in [0.2, 0.25) is 0 Å². The van der Waals surface area contributed by atoms with Gasteiger partial charge in [0.15, 0.2) is 5.13 Å². The van der Waals surface area contributed by atoms with Crippen molar-refractivity contribution in [1.82, 2.24) is 4.98 Å². The van der Waals surface area contributed by atoms with Gasteiger partial charge in [0, 0.05) is 11.9 Å². The molecule has 0 saturated heterocycles. The first kappa shape index (κ1) is 9.46. The Morgan fingerprint density at radius 1 is 1.54 bits per heavy atom. The Bertz CT molecular complexity index is 268. The van der Waals surface area contributed by atoms with Crippen LogP contribution in [0.25, 0.3) is 0 Å². The van der Waals surface area contributed by atoms with E-state index >= 15 is 0 Å². The molecule has 0 amide bonds. The zero-order valence-corrected chi connectivity index (χ0v) is 9.83. The van der Waals surface area contributed by atoms with Crippen LogP contribution in [-0.2, 0) is 0 Å². The molecule has 1 saturated carbocycles. The van der Waals surface area contributed by atoms with Crippen molar-refractivity contribution in [2.75, 3.05) is 11.9 Å². The summed E-state index contributed by atoms with van der Waals surface area (Å²) in [5, 5.41) is 6.44. The van der Waals surface area contributed by atoms with Gasteiger partial charge in [0.1, 0.15) is 4.60 Å². The van der Waals surface area contributed by atoms with E-state index < -0.39 is 0 Å². The molecular formula is C9H13BrN2S. The van der Waals surface area contributed by atoms with Crippen molar-refractivity contribution < 1.29 is 0 Å². The van der Waals surface area contributed by atoms with E-state index in [1.807, 2.05) is 5.38 Å². The highest BCUT2D eigenvalue weighted by molar-refractivity contribution is 9.10. The van der Waals surface area contributed by atoms with E-state index in [2.05, 4.69) is 26.2 Å². The van der Waals surface area contributed by atoms with Crippen molar-refractivity contribution in [3.63, 3.8) is 0 Å². The summed E-state index contributed by atoms with van der Waals surface area (Å²) in [5.74, 6) is 0.877. The molecule has 1 N–H and O–H groups in total. The van der Waals surface area contributed by atoms with Gasteiger partial charge in [-0.25, -0.2) is 4.98 Å². The van der Waals surface area contributed by atoms with E-state index in [1.165, 1.54) is 25.7 Å². The maximum atomic E-state index is 4.30. The van der Waals surface area contributed by atoms with Gasteiger partial charge >= 0.3 is 0 Å². The number of hydrogen-bond acceptors (Lipinski definition) is 3. The van der Waals surface area contributed by atoms with Gasteiger partial charge in [-0.15, -0.1) is 11.3 Å². The Morgan fingerprint density at radius 2 is 2.31 bits per heavy atom. The number of thiazole rings is 1. The third-order valence-electron chi connectivity index (χ3n) is 2.49. The van der Waals surface area contributed by atoms with Crippen molar-refractivity contribution in [3.05, 3.63) is 9.98 Å². The third-order valence-corrected chi connectivity index (χ3v) is 4.00. The fourth-order valence-corrected chi connectivity index (χ4v) is 2.94. The van der Waals surface area contributed by atoms with Gasteiger partial charge < -0.3 is 5.32 Å². The van der Waals surface area contributed by atoms with Crippen LogP contribution in [0.4, 0.5) is 5.13 Å². The van der Waals surface area contributed by atoms with Crippen LogP contribution in [0.1, 0.15) is 25.7 Å². The lowest BCUT2D eigenvalue weighted by Crippen LogP contribution is -2.10. The zero-order chi connectivity index (χ0) is 9.10. The number of nitrogens with zero attached hydrogens (tertiary/aromatic N) is 1. The molecule has 72 valence electrons. The highest BCUT2D eigenvalue weighted by Gasteiger charge is 2.14. The quantitative estimate of drug-likeness (QED) is 0.900. The smallest absolute Gasteiger partial charge is 0.183 e. The van der Waals surface area contributed by atoms with Crippen LogP contribution in [0.5, 0.6) is 0 Å². The first-order chi connectivity index (χ1) is 6.34. The summed E-state index contributed by atoms with van der Waals surface area (Å²) in [4.78, 5) is 4.30. The molecule has 0 atom stereocenters. The SMILES string of the molecule is Brc1csc(NCC2CCCC2)n1. The summed E-state index contributed by atoms with van der Waals surface area (Å²) < 4.78 is 0.937. The Hall–Kier alpha value is -0.0900. The van der Waals surface area contributed by atoms with E-state index in [1.54, 1.807) is 11.3 Å². The zero-order valence-electron chi connectivity index (χ0n) is 7.42. The van der Waals surface area contributed by atoms with Gasteiger partial charge in [-0.2, -0.15) is 0 Å². The molecule has 0 unspecified atom stereocenters. The fraction of sp³-hybridized carbons (Fsp3) is 0.667. The Morgan fingerprint density at radius 3 is 2.92 bits per heavy atom. The molecule has 1 aromatic heterocycles. The molecule has 0 aliphatic heterocycles. The van der Waals surface area contributed by atoms with Crippen molar-refractivity contribution in [1.29, 1.82) is 0 Å². The Kier molecular flexibility index (Phi) is 3.22. The second kappa shape index (κ2) is 4.42. The summed E-state index contributed by atoms with van der Waals surface area (Å²) >= 11 is 5.01. The number of aromatic nitrogens is 1. The summed E-state index contributed by atoms with van der Waals surface area (Å²) in [6.07, 6.45) is 5.60. The second-order valence-electron chi connectivity index (χ2n) is 3.51. The lowest BCUT2D eigenvalue weighted by molar-refractivity contribution is 0.579. The average Bonchev–Trinajstić information content (AvgIpc) is 2.71. The lowest BCUT2D eigenvalue weighted by atomic mass is 10.1. The number of rotatable bonds is 3. The largest absolute Gasteiger partial charge is 0.361 e. The molecule has 1 aliphatic carbocycles. The predicted octanol–water partition coefficient (Wildman–Crippen LogP) is 3.51. The summed E-state index contributed by atoms with van der Waals surface area (Å²) in [6.45, 7) is 1.10. The maximum Gasteiger partial charge on any atom is 0.183 e. The number of anilines is 1. The normalized spacial score (nSPS) is 17.9. The van der Waals surface area contributed by atoms with Crippen molar-refractivity contribution in [3.8, 4) is 0 Å². The summed E-state index contributed by atoms with van der Waals surface area (Å²) in [5.41, 5.74) is 0. The molecule has 1 aliphatic rings. The van der Waals surface area contributed by atoms with E-state index in [0.717, 1.165) is 22.2 Å². The van der Waals surface area contributed by atoms with Gasteiger partial charge in [-0.3, -0.25) is 0 Å². The monoisotopic (exact) mass is 260 g/mol. The molecular weight excluding hydrogens is 248 g/mol. The minimum atomic E-state index is 0.877. The van der Waals surface area contributed by atoms with E-state index in [9.17, 15) is 0 Å². The van der Waals surface area contributed by atoms with E-state index in [4.69, 9.17) is 0 Å². The van der Waals surface area contributed by atoms with Gasteiger partial charge in [0.2, 0.25) is 0 Å². The van der Waals surface area contributed by atoms with Crippen LogP contribution in [0, 0.1) is 5.92 Å². The molecule has 2 nitrogen and oxygen atoms in total. The molecule has 4 heteroatoms. The molecule has 1 aromatic rings. The lowest BCUT2D eigenvalue weighted by Gasteiger charge is -2.08. The molecule has 13 heavy (non-hydrogen) atoms. The van der Waals surface area contributed by atoms with Gasteiger partial charge in [-0.05, 0) is 34.7 Å². The molecule has 1 heterocycles. The average molecular weight is 261 g/mol. The van der Waals surface area contributed by atoms with Crippen molar-refractivity contribution in [2.45, 2.75) is 25.7 Å². The van der Waals surface area contributed by atoms with E-state index in [0.29, 0.717) is 0 Å². The molecule has 0 aromatic carbocycles. The topological polar surface area (TPSA) is 24.9 Å². The summed E-state index contributed by atoms with van der Waals surface area (Å²) in [7, 11) is 0. The van der Waals surface area contributed by atoms with Crippen molar-refractivity contribution in [2.24, 2.45) is 5.92 Å². The van der Waals surface area contributed by atoms with Gasteiger partial charge in [0.25, 0.3) is 0 Å². The highest BCUT2D eigenvalue weighted by atomic mass is 79.9. The first-order valence-corrected chi connectivity index (χ1v) is 6.37. The fourth-order valence-electron chi connectivity index (χ4n) is 1.78. The Labute approximate surface area is 90.9 Å². The van der Waals surface area contributed by atoms with Gasteiger partial charge in [0.05, 0.1) is 0 Å². The van der Waals surface area contributed by atoms with Gasteiger partial charge in [-0.1, -0.05) is 12.8 Å². The number of halogens is 1. The second-order valence-corrected chi connectivity index (χ2v) is 5.18. The predicted molar refractivity (Wildman–Crippen MR) is 60.3 cm³/mol. The standard InChI is InChI=1S/C9H13BrN2S/c10-8-6-13-9(12-8)11-5-7-3-1-2-4-7/h6-7H,1-5H2,(H,11,12). The summed E-state index contributed by atoms with van der Waals surface area (Å²) in [6, 6.07) is 0. The van der Waals surface area contributed by atoms with Crippen LogP contribution in [0.3, 0.4) is 0 Å². The molecule has 1 fully saturated rings. The highest BCUT2D eigenvalue weighted by Crippen LogP contribution is 2.26. The third kappa shape index (κ3) is 2.68. The molecule has 0 radical (unpaired) electrons. The van der Waals surface area contributed by atoms with Crippen LogP contribution < -0.4 is 5.32 Å². The minimum absolute atomic E-state index is 0.877. The van der Waals surface area contributed by atoms with Crippen LogP contribution in [0.15, 0.2) is 9.98 Å².